The van der Waals surface area contributed by atoms with Crippen molar-refractivity contribution in [2.75, 3.05) is 0 Å². The van der Waals surface area contributed by atoms with E-state index in [1.807, 2.05) is 18.3 Å². The van der Waals surface area contributed by atoms with Gasteiger partial charge in [0.15, 0.2) is 0 Å². The van der Waals surface area contributed by atoms with Crippen LogP contribution in [-0.2, 0) is 0 Å². The molecule has 0 unspecified atom stereocenters. The maximum absolute atomic E-state index is 6.55. The molecule has 2 aromatic heterocycles. The fourth-order valence-electron chi connectivity index (χ4n) is 6.71. The van der Waals surface area contributed by atoms with Gasteiger partial charge in [0.2, 0.25) is 0 Å². The number of aromatic nitrogens is 1. The van der Waals surface area contributed by atoms with Crippen molar-refractivity contribution in [2.45, 2.75) is 0 Å². The number of hydrogen-bond donors (Lipinski definition) is 0. The molecule has 9 rings (SSSR count). The van der Waals surface area contributed by atoms with Gasteiger partial charge in [-0.2, -0.15) is 0 Å². The van der Waals surface area contributed by atoms with E-state index in [9.17, 15) is 0 Å². The first kappa shape index (κ1) is 22.4. The van der Waals surface area contributed by atoms with Gasteiger partial charge in [-0.3, -0.25) is 4.98 Å². The second-order valence-corrected chi connectivity index (χ2v) is 10.7. The van der Waals surface area contributed by atoms with E-state index in [-0.39, 0.29) is 0 Å². The predicted octanol–water partition coefficient (Wildman–Crippen LogP) is 10.8. The Morgan fingerprint density at radius 3 is 1.85 bits per heavy atom. The minimum absolute atomic E-state index is 0.908. The summed E-state index contributed by atoms with van der Waals surface area (Å²) in [5.74, 6) is 0. The van der Waals surface area contributed by atoms with Gasteiger partial charge in [0, 0.05) is 27.9 Å². The van der Waals surface area contributed by atoms with Crippen molar-refractivity contribution in [2.24, 2.45) is 0 Å². The van der Waals surface area contributed by atoms with Crippen LogP contribution < -0.4 is 0 Å². The van der Waals surface area contributed by atoms with Crippen LogP contribution in [0.3, 0.4) is 0 Å². The minimum atomic E-state index is 0.908. The summed E-state index contributed by atoms with van der Waals surface area (Å²) in [6, 6.07) is 47.8. The number of furan rings is 1. The smallest absolute Gasteiger partial charge is 0.143 e. The highest BCUT2D eigenvalue weighted by atomic mass is 16.3. The van der Waals surface area contributed by atoms with Crippen molar-refractivity contribution in [1.82, 2.24) is 4.98 Å². The Kier molecular flexibility index (Phi) is 4.64. The Balaban J connectivity index is 1.46. The molecule has 8 aromatic rings. The van der Waals surface area contributed by atoms with Crippen LogP contribution in [0.2, 0.25) is 0 Å². The lowest BCUT2D eigenvalue weighted by Gasteiger charge is -2.25. The predicted molar refractivity (Wildman–Crippen MR) is 170 cm³/mol. The summed E-state index contributed by atoms with van der Waals surface area (Å²) in [5, 5.41) is 3.41. The van der Waals surface area contributed by atoms with Gasteiger partial charge in [0.25, 0.3) is 0 Å². The number of pyridine rings is 1. The van der Waals surface area contributed by atoms with E-state index < -0.39 is 0 Å². The average Bonchev–Trinajstić information content (AvgIpc) is 3.42. The van der Waals surface area contributed by atoms with Crippen LogP contribution in [0.25, 0.3) is 88.5 Å². The van der Waals surface area contributed by atoms with Crippen LogP contribution >= 0.6 is 0 Å². The number of benzene rings is 6. The Morgan fingerprint density at radius 1 is 0.415 bits per heavy atom. The molecular formula is C39H23NO. The molecule has 190 valence electrons. The van der Waals surface area contributed by atoms with E-state index in [1.165, 1.54) is 44.5 Å². The second-order valence-electron chi connectivity index (χ2n) is 10.7. The van der Waals surface area contributed by atoms with E-state index in [0.29, 0.717) is 0 Å². The topological polar surface area (TPSA) is 26.0 Å². The van der Waals surface area contributed by atoms with Crippen LogP contribution in [0.15, 0.2) is 144 Å². The maximum atomic E-state index is 6.55. The van der Waals surface area contributed by atoms with Crippen molar-refractivity contribution in [3.8, 4) is 55.6 Å². The van der Waals surface area contributed by atoms with Crippen molar-refractivity contribution in [1.29, 1.82) is 0 Å². The quantitative estimate of drug-likeness (QED) is 0.215. The average molecular weight is 522 g/mol. The van der Waals surface area contributed by atoms with E-state index in [0.717, 1.165) is 44.0 Å². The number of hydrogen-bond acceptors (Lipinski definition) is 2. The fourth-order valence-corrected chi connectivity index (χ4v) is 6.71. The van der Waals surface area contributed by atoms with Crippen molar-refractivity contribution in [3.05, 3.63) is 140 Å². The third-order valence-electron chi connectivity index (χ3n) is 8.50. The summed E-state index contributed by atoms with van der Waals surface area (Å²) in [6.45, 7) is 0. The molecule has 41 heavy (non-hydrogen) atoms. The van der Waals surface area contributed by atoms with E-state index in [1.54, 1.807) is 0 Å². The van der Waals surface area contributed by atoms with Crippen LogP contribution in [0.5, 0.6) is 0 Å². The largest absolute Gasteiger partial charge is 0.455 e. The van der Waals surface area contributed by atoms with Crippen molar-refractivity contribution >= 4 is 32.8 Å². The molecule has 0 N–H and O–H groups in total. The standard InChI is InChI=1S/C39H23NO/c1-2-13-27-25(11-1)26-12-3-4-15-29(26)38-30(33-19-8-18-32-28-14-5-6-20-37(28)41-39(32)33)16-7-17-31(38)35-23-36-24(22-34(27)35)10-9-21-40-36/h1-23H. The lowest BCUT2D eigenvalue weighted by atomic mass is 9.78. The first-order valence-electron chi connectivity index (χ1n) is 14.0. The van der Waals surface area contributed by atoms with Crippen molar-refractivity contribution < 1.29 is 4.42 Å². The third kappa shape index (κ3) is 3.22. The molecule has 0 radical (unpaired) electrons. The Labute approximate surface area is 237 Å². The highest BCUT2D eigenvalue weighted by molar-refractivity contribution is 6.14. The fraction of sp³-hybridized carbons (Fsp3) is 0. The highest BCUT2D eigenvalue weighted by Crippen LogP contribution is 2.52. The highest BCUT2D eigenvalue weighted by Gasteiger charge is 2.25. The van der Waals surface area contributed by atoms with Crippen LogP contribution in [0.4, 0.5) is 0 Å². The molecule has 1 aliphatic carbocycles. The molecular weight excluding hydrogens is 498 g/mol. The monoisotopic (exact) mass is 521 g/mol. The summed E-state index contributed by atoms with van der Waals surface area (Å²) >= 11 is 0. The number of para-hydroxylation sites is 2. The van der Waals surface area contributed by atoms with Crippen LogP contribution in [0.1, 0.15) is 0 Å². The van der Waals surface area contributed by atoms with Gasteiger partial charge in [0.05, 0.1) is 5.52 Å². The van der Waals surface area contributed by atoms with Gasteiger partial charge in [-0.25, -0.2) is 0 Å². The van der Waals surface area contributed by atoms with E-state index in [2.05, 4.69) is 121 Å². The summed E-state index contributed by atoms with van der Waals surface area (Å²) in [5.41, 5.74) is 14.8. The van der Waals surface area contributed by atoms with Crippen LogP contribution in [-0.4, -0.2) is 4.98 Å². The summed E-state index contributed by atoms with van der Waals surface area (Å²) < 4.78 is 6.55. The first-order chi connectivity index (χ1) is 20.3. The Hall–Kier alpha value is -5.47. The summed E-state index contributed by atoms with van der Waals surface area (Å²) in [4.78, 5) is 4.75. The molecule has 2 nitrogen and oxygen atoms in total. The maximum Gasteiger partial charge on any atom is 0.143 e. The molecule has 0 amide bonds. The molecule has 1 aliphatic rings. The van der Waals surface area contributed by atoms with E-state index >= 15 is 0 Å². The molecule has 0 saturated heterocycles. The zero-order valence-electron chi connectivity index (χ0n) is 22.1. The molecule has 0 fully saturated rings. The van der Waals surface area contributed by atoms with Gasteiger partial charge in [0.1, 0.15) is 11.2 Å². The molecule has 0 saturated carbocycles. The van der Waals surface area contributed by atoms with Crippen molar-refractivity contribution in [3.63, 3.8) is 0 Å². The van der Waals surface area contributed by atoms with Gasteiger partial charge in [-0.05, 0) is 74.3 Å². The van der Waals surface area contributed by atoms with Gasteiger partial charge >= 0.3 is 0 Å². The Morgan fingerprint density at radius 2 is 1.00 bits per heavy atom. The summed E-state index contributed by atoms with van der Waals surface area (Å²) in [6.07, 6.45) is 1.88. The normalized spacial score (nSPS) is 11.9. The minimum Gasteiger partial charge on any atom is -0.455 e. The molecule has 6 aromatic carbocycles. The molecule has 0 spiro atoms. The molecule has 2 heterocycles. The number of fused-ring (bicyclic) bond motifs is 12. The lowest BCUT2D eigenvalue weighted by molar-refractivity contribution is 0.670. The van der Waals surface area contributed by atoms with Gasteiger partial charge in [-0.15, -0.1) is 0 Å². The van der Waals surface area contributed by atoms with Gasteiger partial charge in [-0.1, -0.05) is 109 Å². The SMILES string of the molecule is c1ccc2c(c1)-c1cc3cccnc3cc1-c1cccc(-c3cccc4c3oc3ccccc34)c1-c1ccccc1-2. The van der Waals surface area contributed by atoms with Crippen LogP contribution in [0, 0.1) is 0 Å². The van der Waals surface area contributed by atoms with E-state index in [4.69, 9.17) is 9.40 Å². The molecule has 0 aliphatic heterocycles. The lowest BCUT2D eigenvalue weighted by Crippen LogP contribution is -1.99. The first-order valence-corrected chi connectivity index (χ1v) is 14.0. The molecule has 2 heteroatoms. The zero-order valence-corrected chi connectivity index (χ0v) is 22.1. The van der Waals surface area contributed by atoms with Gasteiger partial charge < -0.3 is 4.42 Å². The molecule has 0 bridgehead atoms. The third-order valence-corrected chi connectivity index (χ3v) is 8.50. The Bertz CT molecular complexity index is 2320. The number of rotatable bonds is 1. The summed E-state index contributed by atoms with van der Waals surface area (Å²) in [7, 11) is 0. The second kappa shape index (κ2) is 8.51. The number of nitrogens with zero attached hydrogens (tertiary/aromatic N) is 1. The zero-order chi connectivity index (χ0) is 26.9. The molecule has 0 atom stereocenters.